The van der Waals surface area contributed by atoms with Gasteiger partial charge in [0.2, 0.25) is 5.91 Å². The van der Waals surface area contributed by atoms with Crippen LogP contribution in [-0.2, 0) is 9.53 Å². The number of aryl methyl sites for hydroxylation is 1. The largest absolute Gasteiger partial charge is 0.508 e. The molecular formula is C27H27N3O4. The van der Waals surface area contributed by atoms with Gasteiger partial charge >= 0.3 is 5.97 Å². The molecule has 0 spiro atoms. The van der Waals surface area contributed by atoms with Gasteiger partial charge in [0, 0.05) is 11.6 Å². The van der Waals surface area contributed by atoms with Gasteiger partial charge in [0.1, 0.15) is 11.8 Å². The van der Waals surface area contributed by atoms with E-state index in [1.165, 1.54) is 5.56 Å². The van der Waals surface area contributed by atoms with Crippen LogP contribution in [0.2, 0.25) is 0 Å². The Balaban J connectivity index is 1.57. The number of carbonyl (C=O) groups excluding carboxylic acids is 2. The first-order chi connectivity index (χ1) is 16.5. The molecular weight excluding hydrogens is 430 g/mol. The van der Waals surface area contributed by atoms with E-state index in [1.807, 2.05) is 13.0 Å². The van der Waals surface area contributed by atoms with Gasteiger partial charge in [-0.05, 0) is 61.4 Å². The predicted molar refractivity (Wildman–Crippen MR) is 128 cm³/mol. The maximum absolute atomic E-state index is 13.7. The average molecular weight is 458 g/mol. The molecule has 0 aliphatic carbocycles. The van der Waals surface area contributed by atoms with Crippen LogP contribution >= 0.6 is 0 Å². The third-order valence-electron chi connectivity index (χ3n) is 6.62. The van der Waals surface area contributed by atoms with Crippen molar-refractivity contribution in [2.45, 2.75) is 32.0 Å². The number of phenolic OH excluding ortho intramolecular Hbond substituents is 1. The number of rotatable bonds is 5. The second-order valence-electron chi connectivity index (χ2n) is 8.75. The molecule has 0 saturated carbocycles. The first-order valence-corrected chi connectivity index (χ1v) is 11.4. The number of nitrogens with zero attached hydrogens (tertiary/aromatic N) is 1. The summed E-state index contributed by atoms with van der Waals surface area (Å²) < 4.78 is 5.08. The molecule has 4 unspecified atom stereocenters. The molecule has 174 valence electrons. The molecule has 0 bridgehead atoms. The molecule has 3 N–H and O–H groups in total. The third kappa shape index (κ3) is 3.83. The van der Waals surface area contributed by atoms with Crippen LogP contribution in [0.1, 0.15) is 46.1 Å². The van der Waals surface area contributed by atoms with Crippen LogP contribution in [0.4, 0.5) is 5.69 Å². The Morgan fingerprint density at radius 2 is 1.68 bits per heavy atom. The molecule has 0 aromatic heterocycles. The first-order valence-electron chi connectivity index (χ1n) is 11.4. The standard InChI is InChI=1S/C27H27N3O4/c1-3-34-27(33)18-11-13-20(14-12-18)30-25(19-5-4-6-21(31)15-19)22-23(28-29-24(22)26(30)32)17-9-7-16(2)8-10-17/h4-15,22-25,28-29,31H,3H2,1-2H3. The van der Waals surface area contributed by atoms with Crippen LogP contribution in [0, 0.1) is 12.8 Å². The second kappa shape index (κ2) is 8.93. The number of nitrogens with one attached hydrogen (secondary N) is 2. The molecule has 5 rings (SSSR count). The Hall–Kier alpha value is -3.68. The fourth-order valence-electron chi connectivity index (χ4n) is 5.03. The number of phenols is 1. The zero-order valence-corrected chi connectivity index (χ0v) is 19.1. The Morgan fingerprint density at radius 1 is 0.971 bits per heavy atom. The summed E-state index contributed by atoms with van der Waals surface area (Å²) in [5, 5.41) is 10.2. The zero-order chi connectivity index (χ0) is 23.8. The van der Waals surface area contributed by atoms with Crippen molar-refractivity contribution in [1.82, 2.24) is 10.9 Å². The summed E-state index contributed by atoms with van der Waals surface area (Å²) in [6.45, 7) is 4.11. The van der Waals surface area contributed by atoms with E-state index in [1.54, 1.807) is 54.3 Å². The minimum absolute atomic E-state index is 0.0654. The number of hydrazine groups is 1. The van der Waals surface area contributed by atoms with Crippen LogP contribution in [0.5, 0.6) is 5.75 Å². The number of amides is 1. The van der Waals surface area contributed by atoms with Crippen molar-refractivity contribution in [3.63, 3.8) is 0 Å². The summed E-state index contributed by atoms with van der Waals surface area (Å²) in [5.41, 5.74) is 10.8. The Morgan fingerprint density at radius 3 is 2.35 bits per heavy atom. The molecule has 2 aliphatic heterocycles. The van der Waals surface area contributed by atoms with Gasteiger partial charge in [-0.25, -0.2) is 15.6 Å². The summed E-state index contributed by atoms with van der Waals surface area (Å²) in [7, 11) is 0. The monoisotopic (exact) mass is 457 g/mol. The fraction of sp³-hybridized carbons (Fsp3) is 0.259. The lowest BCUT2D eigenvalue weighted by Crippen LogP contribution is -2.41. The smallest absolute Gasteiger partial charge is 0.338 e. The molecule has 7 heteroatoms. The lowest BCUT2D eigenvalue weighted by Gasteiger charge is -2.31. The number of benzene rings is 3. The summed E-state index contributed by atoms with van der Waals surface area (Å²) in [6, 6.07) is 21.4. The van der Waals surface area contributed by atoms with E-state index in [0.717, 1.165) is 11.1 Å². The van der Waals surface area contributed by atoms with Crippen molar-refractivity contribution in [3.8, 4) is 5.75 Å². The molecule has 3 aromatic rings. The van der Waals surface area contributed by atoms with Crippen LogP contribution in [-0.4, -0.2) is 29.6 Å². The predicted octanol–water partition coefficient (Wildman–Crippen LogP) is 3.80. The molecule has 0 radical (unpaired) electrons. The Kier molecular flexibility index (Phi) is 5.81. The minimum atomic E-state index is -0.441. The topological polar surface area (TPSA) is 90.9 Å². The summed E-state index contributed by atoms with van der Waals surface area (Å²) in [5.74, 6) is -0.434. The van der Waals surface area contributed by atoms with E-state index >= 15 is 0 Å². The normalized spacial score (nSPS) is 23.7. The molecule has 2 fully saturated rings. The third-order valence-corrected chi connectivity index (χ3v) is 6.62. The van der Waals surface area contributed by atoms with Crippen LogP contribution in [0.3, 0.4) is 0 Å². The van der Waals surface area contributed by atoms with E-state index < -0.39 is 12.0 Å². The van der Waals surface area contributed by atoms with Gasteiger partial charge in [0.25, 0.3) is 0 Å². The zero-order valence-electron chi connectivity index (χ0n) is 19.1. The maximum Gasteiger partial charge on any atom is 0.338 e. The van der Waals surface area contributed by atoms with Gasteiger partial charge in [0.15, 0.2) is 0 Å². The number of carbonyl (C=O) groups is 2. The van der Waals surface area contributed by atoms with Crippen molar-refractivity contribution >= 4 is 17.6 Å². The number of ether oxygens (including phenoxy) is 1. The Bertz CT molecular complexity index is 1210. The van der Waals surface area contributed by atoms with Crippen molar-refractivity contribution in [2.24, 2.45) is 5.92 Å². The average Bonchev–Trinajstić information content (AvgIpc) is 3.39. The van der Waals surface area contributed by atoms with Gasteiger partial charge < -0.3 is 14.7 Å². The molecule has 1 amide bonds. The van der Waals surface area contributed by atoms with Crippen LogP contribution < -0.4 is 15.8 Å². The van der Waals surface area contributed by atoms with Gasteiger partial charge in [0.05, 0.1) is 24.3 Å². The number of fused-ring (bicyclic) bond motifs is 1. The van der Waals surface area contributed by atoms with Crippen LogP contribution in [0.15, 0.2) is 72.8 Å². The van der Waals surface area contributed by atoms with E-state index in [9.17, 15) is 14.7 Å². The fourth-order valence-corrected chi connectivity index (χ4v) is 5.03. The van der Waals surface area contributed by atoms with Crippen molar-refractivity contribution in [2.75, 3.05) is 11.5 Å². The van der Waals surface area contributed by atoms with Gasteiger partial charge in [-0.3, -0.25) is 4.79 Å². The van der Waals surface area contributed by atoms with E-state index in [0.29, 0.717) is 17.9 Å². The number of anilines is 1. The summed E-state index contributed by atoms with van der Waals surface area (Å²) in [4.78, 5) is 27.5. The quantitative estimate of drug-likeness (QED) is 0.505. The van der Waals surface area contributed by atoms with E-state index in [-0.39, 0.29) is 29.7 Å². The lowest BCUT2D eigenvalue weighted by molar-refractivity contribution is -0.119. The highest BCUT2D eigenvalue weighted by Crippen LogP contribution is 2.49. The van der Waals surface area contributed by atoms with Gasteiger partial charge in [-0.1, -0.05) is 42.0 Å². The van der Waals surface area contributed by atoms with E-state index in [2.05, 4.69) is 35.1 Å². The molecule has 2 heterocycles. The SMILES string of the molecule is CCOC(=O)c1ccc(N2C(=O)C3NNC(c4ccc(C)cc4)C3C2c2cccc(O)c2)cc1. The van der Waals surface area contributed by atoms with Crippen molar-refractivity contribution < 1.29 is 19.4 Å². The molecule has 34 heavy (non-hydrogen) atoms. The minimum Gasteiger partial charge on any atom is -0.508 e. The van der Waals surface area contributed by atoms with Crippen molar-refractivity contribution in [1.29, 1.82) is 0 Å². The van der Waals surface area contributed by atoms with Gasteiger partial charge in [-0.2, -0.15) is 0 Å². The number of hydrogen-bond donors (Lipinski definition) is 3. The van der Waals surface area contributed by atoms with Crippen LogP contribution in [0.25, 0.3) is 0 Å². The second-order valence-corrected chi connectivity index (χ2v) is 8.75. The lowest BCUT2D eigenvalue weighted by atomic mass is 9.83. The van der Waals surface area contributed by atoms with Crippen molar-refractivity contribution in [3.05, 3.63) is 95.1 Å². The molecule has 4 atom stereocenters. The molecule has 2 aliphatic rings. The summed E-state index contributed by atoms with van der Waals surface area (Å²) >= 11 is 0. The Labute approximate surface area is 198 Å². The highest BCUT2D eigenvalue weighted by atomic mass is 16.5. The maximum atomic E-state index is 13.7. The molecule has 2 saturated heterocycles. The van der Waals surface area contributed by atoms with Gasteiger partial charge in [-0.15, -0.1) is 0 Å². The highest BCUT2D eigenvalue weighted by Gasteiger charge is 2.56. The number of aromatic hydroxyl groups is 1. The van der Waals surface area contributed by atoms with E-state index in [4.69, 9.17) is 4.74 Å². The number of hydrogen-bond acceptors (Lipinski definition) is 6. The summed E-state index contributed by atoms with van der Waals surface area (Å²) in [6.07, 6.45) is 0. The molecule has 3 aromatic carbocycles. The number of esters is 1. The highest BCUT2D eigenvalue weighted by molar-refractivity contribution is 6.02. The molecule has 7 nitrogen and oxygen atoms in total. The first kappa shape index (κ1) is 22.1.